The summed E-state index contributed by atoms with van der Waals surface area (Å²) in [5.74, 6) is 0.288. The van der Waals surface area contributed by atoms with Crippen LogP contribution in [0.5, 0.6) is 0 Å². The number of allylic oxidation sites excluding steroid dienone is 4. The van der Waals surface area contributed by atoms with Gasteiger partial charge in [0.05, 0.1) is 13.2 Å². The van der Waals surface area contributed by atoms with Crippen LogP contribution in [0.1, 0.15) is 72.1 Å². The fraction of sp³-hybridized carbons (Fsp3) is 0.773. The van der Waals surface area contributed by atoms with E-state index < -0.39 is 5.79 Å². The summed E-state index contributed by atoms with van der Waals surface area (Å²) in [5, 5.41) is 0. The zero-order valence-corrected chi connectivity index (χ0v) is 16.0. The van der Waals surface area contributed by atoms with E-state index in [0.29, 0.717) is 31.3 Å². The molecule has 0 aromatic heterocycles. The van der Waals surface area contributed by atoms with Gasteiger partial charge < -0.3 is 9.47 Å². The average molecular weight is 344 g/mol. The second-order valence-corrected chi connectivity index (χ2v) is 9.26. The molecule has 3 atom stereocenters. The molecule has 25 heavy (non-hydrogen) atoms. The minimum atomic E-state index is -0.428. The summed E-state index contributed by atoms with van der Waals surface area (Å²) in [7, 11) is 0. The number of hydrogen-bond donors (Lipinski definition) is 0. The van der Waals surface area contributed by atoms with Crippen molar-refractivity contribution in [2.45, 2.75) is 77.9 Å². The largest absolute Gasteiger partial charge is 0.347 e. The number of unbranched alkanes of at least 4 members (excludes halogenated alkanes) is 1. The third-order valence-electron chi connectivity index (χ3n) is 7.42. The SMILES string of the molecule is CC(C)=CCCCC1=CC(=O)C[C@H]2CC3(OCCO3)[C@@]3(C)CC[C@@]12C3. The van der Waals surface area contributed by atoms with Crippen LogP contribution < -0.4 is 0 Å². The molecular formula is C22H32O3. The third-order valence-corrected chi connectivity index (χ3v) is 7.42. The number of fused-ring (bicyclic) bond motifs is 2. The van der Waals surface area contributed by atoms with Crippen molar-refractivity contribution in [2.75, 3.05) is 13.2 Å². The van der Waals surface area contributed by atoms with Crippen LogP contribution in [-0.4, -0.2) is 24.8 Å². The summed E-state index contributed by atoms with van der Waals surface area (Å²) < 4.78 is 12.4. The Kier molecular flexibility index (Phi) is 4.24. The van der Waals surface area contributed by atoms with Gasteiger partial charge in [0.25, 0.3) is 0 Å². The van der Waals surface area contributed by atoms with E-state index in [9.17, 15) is 4.79 Å². The fourth-order valence-electron chi connectivity index (χ4n) is 6.18. The van der Waals surface area contributed by atoms with Crippen LogP contribution in [0, 0.1) is 16.7 Å². The average Bonchev–Trinajstić information content (AvgIpc) is 3.13. The molecule has 0 aromatic rings. The lowest BCUT2D eigenvalue weighted by molar-refractivity contribution is -0.261. The quantitative estimate of drug-likeness (QED) is 0.534. The van der Waals surface area contributed by atoms with Gasteiger partial charge in [0.15, 0.2) is 11.6 Å². The van der Waals surface area contributed by atoms with E-state index in [0.717, 1.165) is 38.5 Å². The molecule has 0 radical (unpaired) electrons. The highest BCUT2D eigenvalue weighted by Gasteiger charge is 2.68. The summed E-state index contributed by atoms with van der Waals surface area (Å²) >= 11 is 0. The maximum atomic E-state index is 12.5. The van der Waals surface area contributed by atoms with Gasteiger partial charge in [0, 0.05) is 18.3 Å². The first kappa shape index (κ1) is 17.5. The van der Waals surface area contributed by atoms with Crippen molar-refractivity contribution in [3.8, 4) is 0 Å². The molecule has 1 heterocycles. The van der Waals surface area contributed by atoms with Gasteiger partial charge in [-0.1, -0.05) is 24.1 Å². The molecule has 3 aliphatic carbocycles. The van der Waals surface area contributed by atoms with Crippen molar-refractivity contribution < 1.29 is 14.3 Å². The van der Waals surface area contributed by atoms with Gasteiger partial charge in [-0.15, -0.1) is 0 Å². The van der Waals surface area contributed by atoms with Gasteiger partial charge in [-0.2, -0.15) is 0 Å². The second-order valence-electron chi connectivity index (χ2n) is 9.26. The van der Waals surface area contributed by atoms with E-state index in [4.69, 9.17) is 9.47 Å². The fourth-order valence-corrected chi connectivity index (χ4v) is 6.18. The maximum Gasteiger partial charge on any atom is 0.174 e. The molecule has 0 aromatic carbocycles. The Hall–Kier alpha value is -0.930. The first-order valence-electron chi connectivity index (χ1n) is 10.0. The summed E-state index contributed by atoms with van der Waals surface area (Å²) in [6.07, 6.45) is 12.7. The molecule has 1 aliphatic heterocycles. The molecule has 3 nitrogen and oxygen atoms in total. The molecule has 4 rings (SSSR count). The Morgan fingerprint density at radius 2 is 2.04 bits per heavy atom. The Balaban J connectivity index is 1.59. The second kappa shape index (κ2) is 6.06. The Labute approximate surface area is 151 Å². The molecular weight excluding hydrogens is 312 g/mol. The van der Waals surface area contributed by atoms with Crippen LogP contribution >= 0.6 is 0 Å². The molecule has 0 unspecified atom stereocenters. The molecule has 0 amide bonds. The van der Waals surface area contributed by atoms with Crippen molar-refractivity contribution in [3.63, 3.8) is 0 Å². The number of ether oxygens (including phenoxy) is 2. The van der Waals surface area contributed by atoms with Crippen molar-refractivity contribution in [2.24, 2.45) is 16.7 Å². The predicted octanol–water partition coefficient (Wildman–Crippen LogP) is 4.96. The monoisotopic (exact) mass is 344 g/mol. The molecule has 138 valence electrons. The first-order chi connectivity index (χ1) is 11.9. The molecule has 2 bridgehead atoms. The van der Waals surface area contributed by atoms with Crippen LogP contribution in [0.3, 0.4) is 0 Å². The van der Waals surface area contributed by atoms with Crippen LogP contribution in [0.2, 0.25) is 0 Å². The van der Waals surface area contributed by atoms with Crippen molar-refractivity contribution in [1.82, 2.24) is 0 Å². The number of ketones is 1. The molecule has 2 spiro atoms. The normalized spacial score (nSPS) is 38.6. The van der Waals surface area contributed by atoms with Gasteiger partial charge in [0.2, 0.25) is 0 Å². The van der Waals surface area contributed by atoms with Gasteiger partial charge in [-0.3, -0.25) is 4.79 Å². The number of rotatable bonds is 4. The zero-order valence-electron chi connectivity index (χ0n) is 16.0. The van der Waals surface area contributed by atoms with Crippen LogP contribution in [0.25, 0.3) is 0 Å². The smallest absolute Gasteiger partial charge is 0.174 e. The van der Waals surface area contributed by atoms with Gasteiger partial charge in [-0.05, 0) is 69.8 Å². The van der Waals surface area contributed by atoms with E-state index in [-0.39, 0.29) is 10.8 Å². The van der Waals surface area contributed by atoms with Crippen molar-refractivity contribution in [1.29, 1.82) is 0 Å². The standard InChI is InChI=1S/C22H32O3/c1-16(2)6-4-5-7-17-12-19(23)13-18-14-22(24-10-11-25-22)20(3)8-9-21(17,18)15-20/h6,12,18H,4-5,7-11,13-15H2,1-3H3/t18-,20-,21+/m0/s1. The van der Waals surface area contributed by atoms with Crippen LogP contribution in [0.4, 0.5) is 0 Å². The predicted molar refractivity (Wildman–Crippen MR) is 98.1 cm³/mol. The summed E-state index contributed by atoms with van der Waals surface area (Å²) in [5.41, 5.74) is 3.15. The Bertz CT molecular complexity index is 621. The molecule has 3 heteroatoms. The minimum absolute atomic E-state index is 0.0966. The van der Waals surface area contributed by atoms with E-state index in [2.05, 4.69) is 26.8 Å². The lowest BCUT2D eigenvalue weighted by atomic mass is 9.54. The first-order valence-corrected chi connectivity index (χ1v) is 10.0. The highest BCUT2D eigenvalue weighted by molar-refractivity contribution is 5.92. The van der Waals surface area contributed by atoms with Gasteiger partial charge in [-0.25, -0.2) is 0 Å². The number of carbonyl (C=O) groups is 1. The topological polar surface area (TPSA) is 35.5 Å². The molecule has 1 saturated heterocycles. The summed E-state index contributed by atoms with van der Waals surface area (Å²) in [6, 6.07) is 0. The summed E-state index contributed by atoms with van der Waals surface area (Å²) in [4.78, 5) is 12.5. The lowest BCUT2D eigenvalue weighted by Gasteiger charge is -2.54. The third kappa shape index (κ3) is 2.66. The minimum Gasteiger partial charge on any atom is -0.347 e. The van der Waals surface area contributed by atoms with E-state index in [1.807, 2.05) is 6.08 Å². The maximum absolute atomic E-state index is 12.5. The van der Waals surface area contributed by atoms with Crippen LogP contribution in [0.15, 0.2) is 23.3 Å². The Morgan fingerprint density at radius 1 is 1.28 bits per heavy atom. The molecule has 3 fully saturated rings. The Morgan fingerprint density at radius 3 is 2.76 bits per heavy atom. The van der Waals surface area contributed by atoms with E-state index in [1.54, 1.807) is 0 Å². The summed E-state index contributed by atoms with van der Waals surface area (Å²) in [6.45, 7) is 8.08. The molecule has 2 saturated carbocycles. The highest BCUT2D eigenvalue weighted by atomic mass is 16.7. The van der Waals surface area contributed by atoms with Gasteiger partial charge >= 0.3 is 0 Å². The number of hydrogen-bond acceptors (Lipinski definition) is 3. The van der Waals surface area contributed by atoms with E-state index >= 15 is 0 Å². The number of carbonyl (C=O) groups excluding carboxylic acids is 1. The van der Waals surface area contributed by atoms with Crippen molar-refractivity contribution >= 4 is 5.78 Å². The molecule has 0 N–H and O–H groups in total. The van der Waals surface area contributed by atoms with Crippen LogP contribution in [-0.2, 0) is 14.3 Å². The van der Waals surface area contributed by atoms with E-state index in [1.165, 1.54) is 17.6 Å². The lowest BCUT2D eigenvalue weighted by Crippen LogP contribution is -2.55. The highest BCUT2D eigenvalue weighted by Crippen LogP contribution is 2.70. The molecule has 4 aliphatic rings. The van der Waals surface area contributed by atoms with Gasteiger partial charge in [0.1, 0.15) is 0 Å². The zero-order chi connectivity index (χ0) is 17.7. The van der Waals surface area contributed by atoms with Crippen molar-refractivity contribution in [3.05, 3.63) is 23.3 Å².